The predicted octanol–water partition coefficient (Wildman–Crippen LogP) is 3.55. The Balaban J connectivity index is 2.21. The number of carbonyl (C=O) groups excluding carboxylic acids is 1. The molecule has 0 atom stereocenters. The summed E-state index contributed by atoms with van der Waals surface area (Å²) in [6.45, 7) is 6.35. The van der Waals surface area contributed by atoms with Gasteiger partial charge in [0.25, 0.3) is 5.91 Å². The number of nitrogens with zero attached hydrogens (tertiary/aromatic N) is 1. The molecule has 1 amide bonds. The third-order valence-corrected chi connectivity index (χ3v) is 3.48. The van der Waals surface area contributed by atoms with E-state index in [9.17, 15) is 9.59 Å². The Kier molecular flexibility index (Phi) is 4.08. The molecule has 0 bridgehead atoms. The standard InChI is InChI=1S/C17H19NO4/c1-17(2,3)12-5-7-13(8-6-12)18(4)15(19)14-9-11(10-22-14)16(20)21/h5-10H,1-4H3,(H,20,21). The Labute approximate surface area is 129 Å². The minimum absolute atomic E-state index is 0.000187. The molecule has 1 aromatic carbocycles. The molecule has 0 radical (unpaired) electrons. The van der Waals surface area contributed by atoms with Crippen molar-refractivity contribution >= 4 is 17.6 Å². The molecular weight excluding hydrogens is 282 g/mol. The molecule has 0 saturated heterocycles. The van der Waals surface area contributed by atoms with Crippen molar-refractivity contribution in [3.05, 3.63) is 53.5 Å². The van der Waals surface area contributed by atoms with E-state index in [0.29, 0.717) is 5.69 Å². The van der Waals surface area contributed by atoms with Gasteiger partial charge in [-0.3, -0.25) is 4.79 Å². The van der Waals surface area contributed by atoms with Gasteiger partial charge in [0, 0.05) is 18.8 Å². The third kappa shape index (κ3) is 3.19. The van der Waals surface area contributed by atoms with Crippen LogP contribution in [0.1, 0.15) is 47.2 Å². The van der Waals surface area contributed by atoms with Gasteiger partial charge in [-0.1, -0.05) is 32.9 Å². The molecule has 0 unspecified atom stereocenters. The molecule has 2 rings (SSSR count). The predicted molar refractivity (Wildman–Crippen MR) is 83.5 cm³/mol. The van der Waals surface area contributed by atoms with Crippen LogP contribution >= 0.6 is 0 Å². The Morgan fingerprint density at radius 1 is 1.14 bits per heavy atom. The fourth-order valence-corrected chi connectivity index (χ4v) is 2.03. The summed E-state index contributed by atoms with van der Waals surface area (Å²) in [4.78, 5) is 24.6. The second-order valence-corrected chi connectivity index (χ2v) is 6.17. The van der Waals surface area contributed by atoms with Gasteiger partial charge in [-0.2, -0.15) is 0 Å². The summed E-state index contributed by atoms with van der Waals surface area (Å²) in [5.41, 5.74) is 1.88. The maximum absolute atomic E-state index is 12.3. The summed E-state index contributed by atoms with van der Waals surface area (Å²) in [7, 11) is 1.62. The molecule has 5 heteroatoms. The van der Waals surface area contributed by atoms with Gasteiger partial charge >= 0.3 is 5.97 Å². The van der Waals surface area contributed by atoms with Gasteiger partial charge in [-0.05, 0) is 23.1 Å². The normalized spacial score (nSPS) is 11.3. The molecule has 2 aromatic rings. The maximum Gasteiger partial charge on any atom is 0.338 e. The van der Waals surface area contributed by atoms with E-state index in [1.807, 2.05) is 24.3 Å². The number of carboxylic acids is 1. The fraction of sp³-hybridized carbons (Fsp3) is 0.294. The highest BCUT2D eigenvalue weighted by molar-refractivity contribution is 6.05. The molecule has 0 aliphatic rings. The molecule has 1 N–H and O–H groups in total. The number of anilines is 1. The maximum atomic E-state index is 12.3. The molecule has 1 aromatic heterocycles. The molecular formula is C17H19NO4. The van der Waals surface area contributed by atoms with E-state index >= 15 is 0 Å². The van der Waals surface area contributed by atoms with Gasteiger partial charge in [-0.15, -0.1) is 0 Å². The molecule has 0 aliphatic carbocycles. The van der Waals surface area contributed by atoms with E-state index in [1.165, 1.54) is 16.5 Å². The summed E-state index contributed by atoms with van der Waals surface area (Å²) >= 11 is 0. The van der Waals surface area contributed by atoms with Crippen molar-refractivity contribution in [3.63, 3.8) is 0 Å². The first-order valence-corrected chi connectivity index (χ1v) is 6.90. The Bertz CT molecular complexity index is 692. The Morgan fingerprint density at radius 3 is 2.18 bits per heavy atom. The summed E-state index contributed by atoms with van der Waals surface area (Å²) in [5.74, 6) is -1.52. The van der Waals surface area contributed by atoms with E-state index in [4.69, 9.17) is 9.52 Å². The van der Waals surface area contributed by atoms with Gasteiger partial charge in [0.2, 0.25) is 0 Å². The van der Waals surface area contributed by atoms with Crippen LogP contribution in [-0.4, -0.2) is 24.0 Å². The lowest BCUT2D eigenvalue weighted by molar-refractivity contribution is 0.0696. The van der Waals surface area contributed by atoms with Crippen LogP contribution in [0.25, 0.3) is 0 Å². The molecule has 0 spiro atoms. The Hall–Kier alpha value is -2.56. The average Bonchev–Trinajstić information content (AvgIpc) is 2.95. The van der Waals surface area contributed by atoms with Gasteiger partial charge in [0.15, 0.2) is 5.76 Å². The lowest BCUT2D eigenvalue weighted by Crippen LogP contribution is -2.26. The highest BCUT2D eigenvalue weighted by Crippen LogP contribution is 2.25. The van der Waals surface area contributed by atoms with Crippen molar-refractivity contribution in [2.45, 2.75) is 26.2 Å². The number of benzene rings is 1. The number of hydrogen-bond acceptors (Lipinski definition) is 3. The van der Waals surface area contributed by atoms with Crippen molar-refractivity contribution in [1.82, 2.24) is 0 Å². The van der Waals surface area contributed by atoms with Crippen molar-refractivity contribution in [2.24, 2.45) is 0 Å². The van der Waals surface area contributed by atoms with Gasteiger partial charge in [0.1, 0.15) is 6.26 Å². The first-order valence-electron chi connectivity index (χ1n) is 6.90. The fourth-order valence-electron chi connectivity index (χ4n) is 2.03. The minimum Gasteiger partial charge on any atom is -0.478 e. The number of amides is 1. The van der Waals surface area contributed by atoms with Crippen LogP contribution in [0.15, 0.2) is 41.0 Å². The van der Waals surface area contributed by atoms with Gasteiger partial charge in [0.05, 0.1) is 5.56 Å². The van der Waals surface area contributed by atoms with Crippen molar-refractivity contribution in [3.8, 4) is 0 Å². The number of furan rings is 1. The van der Waals surface area contributed by atoms with Crippen LogP contribution in [0.3, 0.4) is 0 Å². The van der Waals surface area contributed by atoms with Crippen LogP contribution in [0, 0.1) is 0 Å². The van der Waals surface area contributed by atoms with Crippen LogP contribution in [0.2, 0.25) is 0 Å². The second kappa shape index (κ2) is 5.67. The molecule has 0 aliphatic heterocycles. The zero-order valence-corrected chi connectivity index (χ0v) is 13.1. The lowest BCUT2D eigenvalue weighted by atomic mass is 9.87. The van der Waals surface area contributed by atoms with E-state index in [-0.39, 0.29) is 16.7 Å². The molecule has 0 saturated carbocycles. The largest absolute Gasteiger partial charge is 0.478 e. The molecule has 22 heavy (non-hydrogen) atoms. The number of carbonyl (C=O) groups is 2. The zero-order chi connectivity index (χ0) is 16.5. The molecule has 1 heterocycles. The van der Waals surface area contributed by atoms with Crippen LogP contribution in [0.4, 0.5) is 5.69 Å². The minimum atomic E-state index is -1.13. The van der Waals surface area contributed by atoms with Crippen LogP contribution in [-0.2, 0) is 5.41 Å². The van der Waals surface area contributed by atoms with Crippen molar-refractivity contribution in [1.29, 1.82) is 0 Å². The van der Waals surface area contributed by atoms with Crippen LogP contribution < -0.4 is 4.90 Å². The van der Waals surface area contributed by atoms with E-state index in [2.05, 4.69) is 20.8 Å². The topological polar surface area (TPSA) is 70.8 Å². The van der Waals surface area contributed by atoms with E-state index in [0.717, 1.165) is 6.26 Å². The molecule has 116 valence electrons. The van der Waals surface area contributed by atoms with Crippen molar-refractivity contribution < 1.29 is 19.1 Å². The van der Waals surface area contributed by atoms with Gasteiger partial charge < -0.3 is 14.4 Å². The quantitative estimate of drug-likeness (QED) is 0.941. The summed E-state index contributed by atoms with van der Waals surface area (Å²) in [5, 5.41) is 8.86. The number of rotatable bonds is 3. The smallest absolute Gasteiger partial charge is 0.338 e. The number of carboxylic acid groups (broad SMARTS) is 1. The summed E-state index contributed by atoms with van der Waals surface area (Å²) in [6, 6.07) is 8.90. The third-order valence-electron chi connectivity index (χ3n) is 3.48. The number of aromatic carboxylic acids is 1. The zero-order valence-electron chi connectivity index (χ0n) is 13.1. The van der Waals surface area contributed by atoms with E-state index < -0.39 is 11.9 Å². The van der Waals surface area contributed by atoms with Crippen LogP contribution in [0.5, 0.6) is 0 Å². The monoisotopic (exact) mass is 301 g/mol. The molecule has 5 nitrogen and oxygen atoms in total. The highest BCUT2D eigenvalue weighted by atomic mass is 16.4. The Morgan fingerprint density at radius 2 is 1.73 bits per heavy atom. The summed E-state index contributed by atoms with van der Waals surface area (Å²) < 4.78 is 5.04. The highest BCUT2D eigenvalue weighted by Gasteiger charge is 2.20. The average molecular weight is 301 g/mol. The SMILES string of the molecule is CN(C(=O)c1cc(C(=O)O)co1)c1ccc(C(C)(C)C)cc1. The summed E-state index contributed by atoms with van der Waals surface area (Å²) in [6.07, 6.45) is 1.06. The second-order valence-electron chi connectivity index (χ2n) is 6.17. The first kappa shape index (κ1) is 15.8. The first-order chi connectivity index (χ1) is 10.2. The number of hydrogen-bond donors (Lipinski definition) is 1. The van der Waals surface area contributed by atoms with Gasteiger partial charge in [-0.25, -0.2) is 4.79 Å². The van der Waals surface area contributed by atoms with Crippen molar-refractivity contribution in [2.75, 3.05) is 11.9 Å². The molecule has 0 fully saturated rings. The van der Waals surface area contributed by atoms with E-state index in [1.54, 1.807) is 7.05 Å². The lowest BCUT2D eigenvalue weighted by Gasteiger charge is -2.21.